The Bertz CT molecular complexity index is 408. The van der Waals surface area contributed by atoms with E-state index in [0.717, 1.165) is 0 Å². The van der Waals surface area contributed by atoms with Crippen LogP contribution in [-0.2, 0) is 45.6 Å². The van der Waals surface area contributed by atoms with Gasteiger partial charge >= 0.3 is 27.7 Å². The second-order valence-electron chi connectivity index (χ2n) is 5.02. The topological polar surface area (TPSA) is 182 Å². The second kappa shape index (κ2) is 29.4. The van der Waals surface area contributed by atoms with Crippen LogP contribution in [0.25, 0.3) is 0 Å². The minimum absolute atomic E-state index is 0. The molecule has 172 valence electrons. The van der Waals surface area contributed by atoms with E-state index in [0.29, 0.717) is 0 Å². The van der Waals surface area contributed by atoms with Crippen molar-refractivity contribution in [3.63, 3.8) is 0 Å². The minimum Gasteiger partial charge on any atom is -0.855 e. The molecule has 0 fully saturated rings. The molecule has 0 aliphatic heterocycles. The number of ether oxygens (including phenoxy) is 2. The zero-order chi connectivity index (χ0) is 24.7. The van der Waals surface area contributed by atoms with Crippen molar-refractivity contribution >= 4 is 17.9 Å². The van der Waals surface area contributed by atoms with Crippen molar-refractivity contribution in [2.45, 2.75) is 54.1 Å². The molecule has 0 rings (SSSR count). The van der Waals surface area contributed by atoms with Gasteiger partial charge in [0.25, 0.3) is 0 Å². The van der Waals surface area contributed by atoms with Crippen LogP contribution in [0.4, 0.5) is 0 Å². The summed E-state index contributed by atoms with van der Waals surface area (Å²) in [4.78, 5) is 28.6. The molecule has 2 atom stereocenters. The summed E-state index contributed by atoms with van der Waals surface area (Å²) in [6.45, 7) is 18.2. The minimum atomic E-state index is -1.19. The van der Waals surface area contributed by atoms with Gasteiger partial charge in [-0.15, -0.1) is 6.61 Å². The van der Waals surface area contributed by atoms with Gasteiger partial charge < -0.3 is 44.6 Å². The second-order valence-corrected chi connectivity index (χ2v) is 5.02. The van der Waals surface area contributed by atoms with Crippen molar-refractivity contribution in [3.05, 3.63) is 36.5 Å². The molecule has 0 bridgehead atoms. The Morgan fingerprint density at radius 1 is 0.933 bits per heavy atom. The van der Waals surface area contributed by atoms with Crippen LogP contribution in [0.3, 0.4) is 0 Å². The van der Waals surface area contributed by atoms with E-state index in [9.17, 15) is 29.7 Å². The molecule has 0 amide bonds. The third-order valence-corrected chi connectivity index (χ3v) is 1.78. The number of carboxylic acids is 3. The van der Waals surface area contributed by atoms with Crippen LogP contribution < -0.4 is 20.4 Å². The molecule has 0 aliphatic carbocycles. The Kier molecular flexibility index (Phi) is 41.5. The van der Waals surface area contributed by atoms with Crippen molar-refractivity contribution < 1.29 is 71.1 Å². The normalized spacial score (nSPS) is 9.90. The summed E-state index contributed by atoms with van der Waals surface area (Å²) in [5.41, 5.74) is 0.306. The zero-order valence-corrected chi connectivity index (χ0v) is 20.2. The molecule has 0 aromatic heterocycles. The maximum absolute atomic E-state index is 10.2. The number of carbonyl (C=O) groups excluding carboxylic acids is 2. The molecule has 0 saturated heterocycles. The predicted octanol–water partition coefficient (Wildman–Crippen LogP) is -1.66. The molecule has 1 N–H and O–H groups in total. The van der Waals surface area contributed by atoms with Gasteiger partial charge in [-0.1, -0.05) is 33.6 Å². The van der Waals surface area contributed by atoms with Crippen LogP contribution >= 0.6 is 0 Å². The smallest absolute Gasteiger partial charge is 0.855 e. The van der Waals surface area contributed by atoms with E-state index in [4.69, 9.17) is 10.2 Å². The first-order valence-corrected chi connectivity index (χ1v) is 8.06. The summed E-state index contributed by atoms with van der Waals surface area (Å²) in [7, 11) is 1.49. The van der Waals surface area contributed by atoms with E-state index in [1.807, 2.05) is 0 Å². The van der Waals surface area contributed by atoms with Crippen molar-refractivity contribution in [2.75, 3.05) is 13.7 Å². The quantitative estimate of drug-likeness (QED) is 0.269. The van der Waals surface area contributed by atoms with E-state index in [1.165, 1.54) is 34.8 Å². The molecular formula is C19H32O10Ti. The SMILES string of the molecule is C=C(C)C(=O)O.C=C(C)C(=O)[O-].C=C(C)C(=O)[O-].CC[O-].COC(C)OC(C)[O-].[Ti+4]. The third kappa shape index (κ3) is 63.4. The molecule has 11 heteroatoms. The van der Waals surface area contributed by atoms with Gasteiger partial charge in [0.2, 0.25) is 0 Å². The van der Waals surface area contributed by atoms with Crippen LogP contribution in [0.15, 0.2) is 36.5 Å². The van der Waals surface area contributed by atoms with Crippen LogP contribution in [-0.4, -0.2) is 49.3 Å². The van der Waals surface area contributed by atoms with E-state index < -0.39 is 24.2 Å². The van der Waals surface area contributed by atoms with Gasteiger partial charge in [0.15, 0.2) is 6.29 Å². The summed E-state index contributed by atoms with van der Waals surface area (Å²) >= 11 is 0. The Morgan fingerprint density at radius 3 is 1.17 bits per heavy atom. The first-order chi connectivity index (χ1) is 13.0. The molecule has 0 aliphatic rings. The van der Waals surface area contributed by atoms with Crippen LogP contribution in [0, 0.1) is 0 Å². The predicted molar refractivity (Wildman–Crippen MR) is 99.7 cm³/mol. The Morgan fingerprint density at radius 2 is 1.13 bits per heavy atom. The van der Waals surface area contributed by atoms with Crippen LogP contribution in [0.2, 0.25) is 0 Å². The Balaban J connectivity index is -0.0000000610. The fourth-order valence-electron chi connectivity index (χ4n) is 0.325. The first-order valence-electron chi connectivity index (χ1n) is 8.06. The molecule has 0 radical (unpaired) electrons. The first kappa shape index (κ1) is 42.3. The number of hydrogen-bond acceptors (Lipinski definition) is 9. The summed E-state index contributed by atoms with van der Waals surface area (Å²) < 4.78 is 9.26. The van der Waals surface area contributed by atoms with Gasteiger partial charge in [0, 0.05) is 12.7 Å². The number of carbonyl (C=O) groups is 3. The van der Waals surface area contributed by atoms with Gasteiger partial charge in [-0.3, -0.25) is 0 Å². The molecule has 0 aromatic carbocycles. The summed E-state index contributed by atoms with van der Waals surface area (Å²) in [5, 5.41) is 46.0. The fourth-order valence-corrected chi connectivity index (χ4v) is 0.325. The van der Waals surface area contributed by atoms with Gasteiger partial charge in [-0.2, -0.15) is 0 Å². The van der Waals surface area contributed by atoms with E-state index in [-0.39, 0.29) is 51.3 Å². The Hall–Kier alpha value is -1.82. The van der Waals surface area contributed by atoms with Crippen molar-refractivity contribution in [3.8, 4) is 0 Å². The van der Waals surface area contributed by atoms with E-state index >= 15 is 0 Å². The molecule has 0 saturated carbocycles. The third-order valence-electron chi connectivity index (χ3n) is 1.78. The van der Waals surface area contributed by atoms with Crippen molar-refractivity contribution in [1.29, 1.82) is 0 Å². The average Bonchev–Trinajstić information content (AvgIpc) is 2.56. The molecule has 0 aromatic rings. The van der Waals surface area contributed by atoms with Crippen molar-refractivity contribution in [2.24, 2.45) is 0 Å². The van der Waals surface area contributed by atoms with Gasteiger partial charge in [-0.05, 0) is 45.1 Å². The number of rotatable bonds is 6. The number of hydrogen-bond donors (Lipinski definition) is 1. The van der Waals surface area contributed by atoms with Gasteiger partial charge in [0.1, 0.15) is 0 Å². The van der Waals surface area contributed by atoms with Crippen molar-refractivity contribution in [1.82, 2.24) is 0 Å². The molecule has 0 spiro atoms. The monoisotopic (exact) mass is 468 g/mol. The van der Waals surface area contributed by atoms with E-state index in [2.05, 4.69) is 29.2 Å². The van der Waals surface area contributed by atoms with Crippen LogP contribution in [0.1, 0.15) is 41.5 Å². The fraction of sp³-hybridized carbons (Fsp3) is 0.526. The molecule has 30 heavy (non-hydrogen) atoms. The average molecular weight is 468 g/mol. The summed E-state index contributed by atoms with van der Waals surface area (Å²) in [6, 6.07) is 0. The number of methoxy groups -OCH3 is 1. The van der Waals surface area contributed by atoms with Gasteiger partial charge in [-0.25, -0.2) is 4.79 Å². The molecule has 10 nitrogen and oxygen atoms in total. The molecule has 2 unspecified atom stereocenters. The number of carboxylic acid groups (broad SMARTS) is 3. The summed E-state index contributed by atoms with van der Waals surface area (Å²) in [6.07, 6.45) is -1.38. The van der Waals surface area contributed by atoms with E-state index in [1.54, 1.807) is 13.8 Å². The Labute approximate surface area is 193 Å². The number of aliphatic carboxylic acids is 3. The maximum atomic E-state index is 10.2. The van der Waals surface area contributed by atoms with Crippen LogP contribution in [0.5, 0.6) is 0 Å². The maximum Gasteiger partial charge on any atom is 4.00 e. The summed E-state index contributed by atoms with van der Waals surface area (Å²) in [5.74, 6) is -3.31. The zero-order valence-electron chi connectivity index (χ0n) is 18.6. The molecular weight excluding hydrogens is 436 g/mol. The standard InChI is InChI=1S/C5H11O3.3C4H6O2.C2H5O.Ti/c1-4(6)8-5(2)7-3;3*1-3(2)4(5)6;1-2-3;/h4-5H,1-3H3;3*1H2,2H3,(H,5,6);2H2,1H3;/q-1;;;;-1;+4/p-2. The largest absolute Gasteiger partial charge is 4.00 e. The molecule has 0 heterocycles. The van der Waals surface area contributed by atoms with Gasteiger partial charge in [0.05, 0.1) is 11.9 Å².